The number of likely N-dealkylation sites (tertiary alicyclic amines) is 1. The Kier molecular flexibility index (Phi) is 5.49. The zero-order chi connectivity index (χ0) is 20.9. The van der Waals surface area contributed by atoms with E-state index in [1.807, 2.05) is 6.92 Å². The highest BCUT2D eigenvalue weighted by Crippen LogP contribution is 2.55. The monoisotopic (exact) mass is 451 g/mol. The number of sulfonamides is 1. The van der Waals surface area contributed by atoms with Crippen LogP contribution >= 0.6 is 11.3 Å². The van der Waals surface area contributed by atoms with Crippen molar-refractivity contribution in [2.45, 2.75) is 80.1 Å². The predicted molar refractivity (Wildman–Crippen MR) is 118 cm³/mol. The van der Waals surface area contributed by atoms with Crippen LogP contribution in [0.1, 0.15) is 58.3 Å². The Labute approximate surface area is 183 Å². The van der Waals surface area contributed by atoms with E-state index in [0.29, 0.717) is 4.21 Å². The van der Waals surface area contributed by atoms with E-state index in [2.05, 4.69) is 14.9 Å². The minimum atomic E-state index is -3.43. The number of carbonyl (C=O) groups is 1. The van der Waals surface area contributed by atoms with Gasteiger partial charge in [-0.05, 0) is 87.5 Å². The Hall–Kier alpha value is -0.960. The van der Waals surface area contributed by atoms with Gasteiger partial charge in [0.25, 0.3) is 0 Å². The van der Waals surface area contributed by atoms with Crippen molar-refractivity contribution in [2.24, 2.45) is 17.8 Å². The van der Waals surface area contributed by atoms with E-state index in [9.17, 15) is 13.2 Å². The average Bonchev–Trinajstić information content (AvgIpc) is 3.22. The van der Waals surface area contributed by atoms with Crippen molar-refractivity contribution in [3.8, 4) is 0 Å². The Bertz CT molecular complexity index is 840. The van der Waals surface area contributed by atoms with Gasteiger partial charge in [0.2, 0.25) is 15.9 Å². The van der Waals surface area contributed by atoms with Crippen LogP contribution in [0.15, 0.2) is 21.7 Å². The maximum absolute atomic E-state index is 13.1. The fraction of sp³-hybridized carbons (Fsp3) is 0.773. The van der Waals surface area contributed by atoms with Crippen LogP contribution in [0.2, 0.25) is 0 Å². The second-order valence-corrected chi connectivity index (χ2v) is 13.1. The molecule has 6 nitrogen and oxygen atoms in total. The van der Waals surface area contributed by atoms with E-state index in [4.69, 9.17) is 0 Å². The van der Waals surface area contributed by atoms with Crippen LogP contribution in [-0.2, 0) is 14.8 Å². The molecule has 1 atom stereocenters. The molecule has 1 saturated heterocycles. The molecule has 0 spiro atoms. The predicted octanol–water partition coefficient (Wildman–Crippen LogP) is 2.96. The summed E-state index contributed by atoms with van der Waals surface area (Å²) in [4.78, 5) is 15.3. The van der Waals surface area contributed by atoms with Gasteiger partial charge < -0.3 is 5.32 Å². The summed E-state index contributed by atoms with van der Waals surface area (Å²) < 4.78 is 28.1. The van der Waals surface area contributed by atoms with Crippen molar-refractivity contribution in [1.82, 2.24) is 14.9 Å². The second-order valence-electron chi connectivity index (χ2n) is 10.2. The molecule has 2 N–H and O–H groups in total. The molecule has 0 aromatic carbocycles. The first-order chi connectivity index (χ1) is 14.3. The molecule has 4 aliphatic carbocycles. The molecule has 5 fully saturated rings. The molecule has 30 heavy (non-hydrogen) atoms. The quantitative estimate of drug-likeness (QED) is 0.697. The summed E-state index contributed by atoms with van der Waals surface area (Å²) in [5.74, 6) is 2.62. The summed E-state index contributed by atoms with van der Waals surface area (Å²) in [6.45, 7) is 3.49. The molecule has 5 aliphatic rings. The Balaban J connectivity index is 1.14. The standard InChI is InChI=1S/C22H33N3O3S2/c1-15(21(26)23-22-12-16-9-17(13-22)11-18(10-16)14-22)25-6-4-19(5-7-25)24-30(27,28)20-3-2-8-29-20/h2-3,8,15-19,24H,4-7,9-14H2,1H3,(H,23,26). The smallest absolute Gasteiger partial charge is 0.250 e. The minimum absolute atomic E-state index is 0.0504. The number of nitrogens with one attached hydrogen (secondary N) is 2. The number of hydrogen-bond acceptors (Lipinski definition) is 5. The molecule has 4 bridgehead atoms. The number of carbonyl (C=O) groups excluding carboxylic acids is 1. The number of hydrogen-bond donors (Lipinski definition) is 2. The zero-order valence-corrected chi connectivity index (χ0v) is 19.3. The maximum Gasteiger partial charge on any atom is 0.250 e. The number of nitrogens with zero attached hydrogens (tertiary/aromatic N) is 1. The molecule has 2 heterocycles. The first-order valence-corrected chi connectivity index (χ1v) is 13.8. The van der Waals surface area contributed by atoms with Crippen molar-refractivity contribution >= 4 is 27.3 Å². The number of rotatable bonds is 6. The van der Waals surface area contributed by atoms with Gasteiger partial charge in [-0.2, -0.15) is 0 Å². The van der Waals surface area contributed by atoms with Gasteiger partial charge in [-0.1, -0.05) is 6.07 Å². The lowest BCUT2D eigenvalue weighted by atomic mass is 9.53. The van der Waals surface area contributed by atoms with Gasteiger partial charge in [0.05, 0.1) is 6.04 Å². The molecule has 6 rings (SSSR count). The molecule has 0 radical (unpaired) electrons. The summed E-state index contributed by atoms with van der Waals surface area (Å²) in [6, 6.07) is 3.17. The highest BCUT2D eigenvalue weighted by Gasteiger charge is 2.51. The van der Waals surface area contributed by atoms with Crippen LogP contribution in [-0.4, -0.2) is 49.9 Å². The number of piperidine rings is 1. The maximum atomic E-state index is 13.1. The average molecular weight is 452 g/mol. The van der Waals surface area contributed by atoms with E-state index in [0.717, 1.165) is 43.7 Å². The molecule has 1 unspecified atom stereocenters. The van der Waals surface area contributed by atoms with Crippen LogP contribution in [0.3, 0.4) is 0 Å². The SMILES string of the molecule is CC(C(=O)NC12CC3CC(CC(C3)C1)C2)N1CCC(NS(=O)(=O)c2cccs2)CC1. The van der Waals surface area contributed by atoms with Crippen LogP contribution in [0, 0.1) is 17.8 Å². The van der Waals surface area contributed by atoms with E-state index >= 15 is 0 Å². The fourth-order valence-electron chi connectivity index (χ4n) is 6.89. The van der Waals surface area contributed by atoms with Crippen LogP contribution in [0.4, 0.5) is 0 Å². The number of amides is 1. The third-order valence-corrected chi connectivity index (χ3v) is 10.9. The Morgan fingerprint density at radius 3 is 2.27 bits per heavy atom. The van der Waals surface area contributed by atoms with Crippen LogP contribution in [0.25, 0.3) is 0 Å². The van der Waals surface area contributed by atoms with E-state index < -0.39 is 10.0 Å². The molecule has 1 aromatic rings. The second kappa shape index (κ2) is 7.87. The molecular formula is C22H33N3O3S2. The molecule has 8 heteroatoms. The van der Waals surface area contributed by atoms with Gasteiger partial charge in [0.1, 0.15) is 4.21 Å². The summed E-state index contributed by atoms with van der Waals surface area (Å²) in [5.41, 5.74) is 0.0504. The Morgan fingerprint density at radius 2 is 1.73 bits per heavy atom. The van der Waals surface area contributed by atoms with E-state index in [1.165, 1.54) is 49.9 Å². The molecule has 166 valence electrons. The fourth-order valence-corrected chi connectivity index (χ4v) is 9.21. The van der Waals surface area contributed by atoms with Gasteiger partial charge in [-0.25, -0.2) is 13.1 Å². The minimum Gasteiger partial charge on any atom is -0.349 e. The summed E-state index contributed by atoms with van der Waals surface area (Å²) >= 11 is 1.24. The third kappa shape index (κ3) is 4.08. The molecular weight excluding hydrogens is 418 g/mol. The van der Waals surface area contributed by atoms with Crippen molar-refractivity contribution < 1.29 is 13.2 Å². The van der Waals surface area contributed by atoms with E-state index in [1.54, 1.807) is 17.5 Å². The highest BCUT2D eigenvalue weighted by atomic mass is 32.2. The van der Waals surface area contributed by atoms with Gasteiger partial charge >= 0.3 is 0 Å². The third-order valence-electron chi connectivity index (χ3n) is 7.97. The largest absolute Gasteiger partial charge is 0.349 e. The topological polar surface area (TPSA) is 78.5 Å². The van der Waals surface area contributed by atoms with Gasteiger partial charge in [0.15, 0.2) is 0 Å². The first-order valence-electron chi connectivity index (χ1n) is 11.4. The Morgan fingerprint density at radius 1 is 1.13 bits per heavy atom. The summed E-state index contributed by atoms with van der Waals surface area (Å²) in [5, 5.41) is 5.28. The van der Waals surface area contributed by atoms with Crippen molar-refractivity contribution in [2.75, 3.05) is 13.1 Å². The van der Waals surface area contributed by atoms with Crippen molar-refractivity contribution in [3.05, 3.63) is 17.5 Å². The lowest BCUT2D eigenvalue weighted by Crippen LogP contribution is -2.62. The molecule has 1 amide bonds. The van der Waals surface area contributed by atoms with Gasteiger partial charge in [0, 0.05) is 24.7 Å². The lowest BCUT2D eigenvalue weighted by Gasteiger charge is -2.57. The molecule has 1 aliphatic heterocycles. The normalized spacial score (nSPS) is 35.4. The molecule has 4 saturated carbocycles. The summed E-state index contributed by atoms with van der Waals surface area (Å²) in [7, 11) is -3.43. The first kappa shape index (κ1) is 20.9. The van der Waals surface area contributed by atoms with E-state index in [-0.39, 0.29) is 23.5 Å². The molecule has 1 aromatic heterocycles. The number of thiophene rings is 1. The van der Waals surface area contributed by atoms with Crippen LogP contribution in [0.5, 0.6) is 0 Å². The van der Waals surface area contributed by atoms with Gasteiger partial charge in [-0.3, -0.25) is 9.69 Å². The summed E-state index contributed by atoms with van der Waals surface area (Å²) in [6.07, 6.45) is 9.11. The van der Waals surface area contributed by atoms with Crippen LogP contribution < -0.4 is 10.0 Å². The lowest BCUT2D eigenvalue weighted by molar-refractivity contribution is -0.132. The van der Waals surface area contributed by atoms with Crippen molar-refractivity contribution in [3.63, 3.8) is 0 Å². The highest BCUT2D eigenvalue weighted by molar-refractivity contribution is 7.91. The zero-order valence-electron chi connectivity index (χ0n) is 17.7. The van der Waals surface area contributed by atoms with Crippen molar-refractivity contribution in [1.29, 1.82) is 0 Å². The van der Waals surface area contributed by atoms with Gasteiger partial charge in [-0.15, -0.1) is 11.3 Å².